The highest BCUT2D eigenvalue weighted by Gasteiger charge is 2.12. The Labute approximate surface area is 131 Å². The monoisotopic (exact) mass is 310 g/mol. The molecule has 0 unspecified atom stereocenters. The summed E-state index contributed by atoms with van der Waals surface area (Å²) in [5, 5.41) is 12.3. The van der Waals surface area contributed by atoms with E-state index in [2.05, 4.69) is 33.9 Å². The van der Waals surface area contributed by atoms with Crippen LogP contribution in [0.1, 0.15) is 39.9 Å². The molecule has 1 rings (SSSR count). The highest BCUT2D eigenvalue weighted by Crippen LogP contribution is 2.16. The summed E-state index contributed by atoms with van der Waals surface area (Å²) < 4.78 is 2.19. The van der Waals surface area contributed by atoms with Gasteiger partial charge in [-0.25, -0.2) is 0 Å². The van der Waals surface area contributed by atoms with Crippen LogP contribution >= 0.6 is 11.8 Å². The van der Waals surface area contributed by atoms with E-state index in [1.807, 2.05) is 20.1 Å². The van der Waals surface area contributed by atoms with E-state index >= 15 is 0 Å². The van der Waals surface area contributed by atoms with E-state index in [4.69, 9.17) is 0 Å². The van der Waals surface area contributed by atoms with Crippen molar-refractivity contribution >= 4 is 17.7 Å². The molecular formula is C15H26N4OS. The molecular weight excluding hydrogens is 284 g/mol. The molecule has 0 spiro atoms. The molecule has 21 heavy (non-hydrogen) atoms. The number of hydrogen-bond donors (Lipinski definition) is 1. The normalized spacial score (nSPS) is 10.8. The van der Waals surface area contributed by atoms with Crippen LogP contribution in [0.3, 0.4) is 0 Å². The molecule has 1 amide bonds. The molecule has 0 saturated heterocycles. The van der Waals surface area contributed by atoms with Gasteiger partial charge >= 0.3 is 0 Å². The van der Waals surface area contributed by atoms with Gasteiger partial charge in [-0.3, -0.25) is 4.79 Å². The Kier molecular flexibility index (Phi) is 7.50. The Morgan fingerprint density at radius 2 is 2.10 bits per heavy atom. The SMILES string of the molecule is CSc1nnc(CCCNC(=O)C=C(C)C)n1CC(C)C. The number of carbonyl (C=O) groups is 1. The largest absolute Gasteiger partial charge is 0.353 e. The fraction of sp³-hybridized carbons (Fsp3) is 0.667. The van der Waals surface area contributed by atoms with Crippen LogP contribution in [0.4, 0.5) is 0 Å². The van der Waals surface area contributed by atoms with Crippen molar-refractivity contribution in [3.63, 3.8) is 0 Å². The van der Waals surface area contributed by atoms with Gasteiger partial charge < -0.3 is 9.88 Å². The van der Waals surface area contributed by atoms with Crippen LogP contribution in [-0.4, -0.2) is 33.5 Å². The van der Waals surface area contributed by atoms with Crippen LogP contribution < -0.4 is 5.32 Å². The number of allylic oxidation sites excluding steroid dienone is 1. The smallest absolute Gasteiger partial charge is 0.243 e. The molecule has 0 bridgehead atoms. The molecule has 1 aromatic heterocycles. The van der Waals surface area contributed by atoms with Crippen molar-refractivity contribution < 1.29 is 4.79 Å². The number of hydrogen-bond acceptors (Lipinski definition) is 4. The van der Waals surface area contributed by atoms with Gasteiger partial charge in [-0.1, -0.05) is 31.2 Å². The van der Waals surface area contributed by atoms with Gasteiger partial charge in [-0.05, 0) is 32.4 Å². The minimum atomic E-state index is -0.0246. The maximum Gasteiger partial charge on any atom is 0.243 e. The standard InChI is InChI=1S/C15H26N4OS/c1-11(2)9-14(20)16-8-6-7-13-17-18-15(21-5)19(13)10-12(3)4/h9,12H,6-8,10H2,1-5H3,(H,16,20). The number of amides is 1. The second kappa shape index (κ2) is 8.87. The number of thioether (sulfide) groups is 1. The zero-order valence-corrected chi connectivity index (χ0v) is 14.5. The molecule has 1 N–H and O–H groups in total. The molecule has 0 atom stereocenters. The molecule has 1 heterocycles. The summed E-state index contributed by atoms with van der Waals surface area (Å²) in [6.45, 7) is 9.80. The number of aromatic nitrogens is 3. The molecule has 0 aliphatic heterocycles. The van der Waals surface area contributed by atoms with Crippen LogP contribution in [0, 0.1) is 5.92 Å². The summed E-state index contributed by atoms with van der Waals surface area (Å²) in [5.41, 5.74) is 1.01. The molecule has 0 saturated carbocycles. The van der Waals surface area contributed by atoms with Crippen molar-refractivity contribution in [1.82, 2.24) is 20.1 Å². The van der Waals surface area contributed by atoms with Crippen molar-refractivity contribution in [3.8, 4) is 0 Å². The van der Waals surface area contributed by atoms with Crippen molar-refractivity contribution in [2.45, 2.75) is 52.2 Å². The lowest BCUT2D eigenvalue weighted by Gasteiger charge is -2.11. The molecule has 1 aromatic rings. The molecule has 6 heteroatoms. The van der Waals surface area contributed by atoms with Gasteiger partial charge in [-0.15, -0.1) is 10.2 Å². The third-order valence-corrected chi connectivity index (χ3v) is 3.49. The maximum absolute atomic E-state index is 11.5. The number of aryl methyl sites for hydroxylation is 1. The molecule has 0 fully saturated rings. The van der Waals surface area contributed by atoms with Crippen molar-refractivity contribution in [3.05, 3.63) is 17.5 Å². The zero-order valence-electron chi connectivity index (χ0n) is 13.6. The second-order valence-electron chi connectivity index (χ2n) is 5.72. The fourth-order valence-electron chi connectivity index (χ4n) is 1.97. The van der Waals surface area contributed by atoms with Gasteiger partial charge in [0.05, 0.1) is 0 Å². The predicted octanol–water partition coefficient (Wildman–Crippen LogP) is 2.67. The van der Waals surface area contributed by atoms with Crippen molar-refractivity contribution in [2.24, 2.45) is 5.92 Å². The average molecular weight is 310 g/mol. The zero-order chi connectivity index (χ0) is 15.8. The van der Waals surface area contributed by atoms with Crippen LogP contribution in [0.25, 0.3) is 0 Å². The van der Waals surface area contributed by atoms with E-state index in [-0.39, 0.29) is 5.91 Å². The molecule has 0 radical (unpaired) electrons. The Balaban J connectivity index is 2.50. The van der Waals surface area contributed by atoms with Crippen LogP contribution in [0.5, 0.6) is 0 Å². The van der Waals surface area contributed by atoms with E-state index in [0.29, 0.717) is 12.5 Å². The number of nitrogens with one attached hydrogen (secondary N) is 1. The first-order valence-corrected chi connectivity index (χ1v) is 8.55. The minimum absolute atomic E-state index is 0.0246. The highest BCUT2D eigenvalue weighted by atomic mass is 32.2. The van der Waals surface area contributed by atoms with E-state index in [9.17, 15) is 4.79 Å². The van der Waals surface area contributed by atoms with Gasteiger partial charge in [0.25, 0.3) is 0 Å². The van der Waals surface area contributed by atoms with Crippen LogP contribution in [-0.2, 0) is 17.8 Å². The first-order chi connectivity index (χ1) is 9.93. The predicted molar refractivity (Wildman–Crippen MR) is 87.4 cm³/mol. The Bertz CT molecular complexity index is 490. The van der Waals surface area contributed by atoms with Gasteiger partial charge in [0, 0.05) is 25.6 Å². The second-order valence-corrected chi connectivity index (χ2v) is 6.50. The maximum atomic E-state index is 11.5. The first kappa shape index (κ1) is 17.8. The Morgan fingerprint density at radius 1 is 1.38 bits per heavy atom. The van der Waals surface area contributed by atoms with Crippen molar-refractivity contribution in [2.75, 3.05) is 12.8 Å². The topological polar surface area (TPSA) is 59.8 Å². The van der Waals surface area contributed by atoms with Crippen LogP contribution in [0.2, 0.25) is 0 Å². The first-order valence-electron chi connectivity index (χ1n) is 7.32. The lowest BCUT2D eigenvalue weighted by Crippen LogP contribution is -2.23. The summed E-state index contributed by atoms with van der Waals surface area (Å²) in [7, 11) is 0. The third kappa shape index (κ3) is 6.33. The van der Waals surface area contributed by atoms with E-state index in [1.165, 1.54) is 0 Å². The lowest BCUT2D eigenvalue weighted by atomic mass is 10.2. The summed E-state index contributed by atoms with van der Waals surface area (Å²) in [4.78, 5) is 11.5. The molecule has 0 aliphatic carbocycles. The van der Waals surface area contributed by atoms with Gasteiger partial charge in [-0.2, -0.15) is 0 Å². The van der Waals surface area contributed by atoms with E-state index in [1.54, 1.807) is 17.8 Å². The van der Waals surface area contributed by atoms with Crippen LogP contribution in [0.15, 0.2) is 16.8 Å². The fourth-order valence-corrected chi connectivity index (χ4v) is 2.50. The van der Waals surface area contributed by atoms with E-state index in [0.717, 1.165) is 35.9 Å². The van der Waals surface area contributed by atoms with E-state index < -0.39 is 0 Å². The molecule has 0 aliphatic rings. The highest BCUT2D eigenvalue weighted by molar-refractivity contribution is 7.98. The molecule has 5 nitrogen and oxygen atoms in total. The lowest BCUT2D eigenvalue weighted by molar-refractivity contribution is -0.116. The Hall–Kier alpha value is -1.30. The van der Waals surface area contributed by atoms with Gasteiger partial charge in [0.1, 0.15) is 5.82 Å². The average Bonchev–Trinajstić information content (AvgIpc) is 2.75. The third-order valence-electron chi connectivity index (χ3n) is 2.82. The number of nitrogens with zero attached hydrogens (tertiary/aromatic N) is 3. The number of carbonyl (C=O) groups excluding carboxylic acids is 1. The quantitative estimate of drug-likeness (QED) is 0.455. The summed E-state index contributed by atoms with van der Waals surface area (Å²) in [5.74, 6) is 1.54. The van der Waals surface area contributed by atoms with Gasteiger partial charge in [0.15, 0.2) is 5.16 Å². The molecule has 118 valence electrons. The summed E-state index contributed by atoms with van der Waals surface area (Å²) in [6.07, 6.45) is 5.33. The number of rotatable bonds is 8. The summed E-state index contributed by atoms with van der Waals surface area (Å²) >= 11 is 1.62. The van der Waals surface area contributed by atoms with Crippen molar-refractivity contribution in [1.29, 1.82) is 0 Å². The van der Waals surface area contributed by atoms with Gasteiger partial charge in [0.2, 0.25) is 5.91 Å². The summed E-state index contributed by atoms with van der Waals surface area (Å²) in [6, 6.07) is 0. The molecule has 0 aromatic carbocycles. The minimum Gasteiger partial charge on any atom is -0.353 e. The Morgan fingerprint density at radius 3 is 2.67 bits per heavy atom.